The van der Waals surface area contributed by atoms with E-state index in [0.717, 1.165) is 6.04 Å². The van der Waals surface area contributed by atoms with Crippen molar-refractivity contribution in [1.29, 1.82) is 0 Å². The summed E-state index contributed by atoms with van der Waals surface area (Å²) in [4.78, 5) is 2.66. The molecule has 0 radical (unpaired) electrons. The Hall–Kier alpha value is -1.02. The number of nitrogens with zero attached hydrogens (tertiary/aromatic N) is 1. The van der Waals surface area contributed by atoms with E-state index >= 15 is 0 Å². The number of hydrogen-bond donors (Lipinski definition) is 1. The van der Waals surface area contributed by atoms with Crippen molar-refractivity contribution in [3.8, 4) is 0 Å². The van der Waals surface area contributed by atoms with Crippen molar-refractivity contribution in [2.24, 2.45) is 0 Å². The molecule has 19 heavy (non-hydrogen) atoms. The van der Waals surface area contributed by atoms with Crippen LogP contribution < -0.4 is 5.32 Å². The van der Waals surface area contributed by atoms with Crippen LogP contribution >= 0.6 is 0 Å². The number of likely N-dealkylation sites (tertiary alicyclic amines) is 1. The van der Waals surface area contributed by atoms with Gasteiger partial charge in [-0.25, -0.2) is 0 Å². The average molecular weight is 258 g/mol. The third-order valence-electron chi connectivity index (χ3n) is 4.75. The summed E-state index contributed by atoms with van der Waals surface area (Å²) in [5.41, 5.74) is 2.74. The summed E-state index contributed by atoms with van der Waals surface area (Å²) in [7, 11) is 0. The van der Waals surface area contributed by atoms with E-state index in [0.29, 0.717) is 12.0 Å². The maximum absolute atomic E-state index is 3.70. The molecule has 3 rings (SSSR count). The lowest BCUT2D eigenvalue weighted by atomic mass is 9.98. The van der Waals surface area contributed by atoms with Crippen LogP contribution in [0.15, 0.2) is 24.3 Å². The topological polar surface area (TPSA) is 15.3 Å². The van der Waals surface area contributed by atoms with E-state index < -0.39 is 0 Å². The molecular formula is C17H26N2. The lowest BCUT2D eigenvalue weighted by Crippen LogP contribution is -2.27. The third-order valence-corrected chi connectivity index (χ3v) is 4.75. The number of rotatable bonds is 5. The van der Waals surface area contributed by atoms with E-state index in [-0.39, 0.29) is 0 Å². The fourth-order valence-electron chi connectivity index (χ4n) is 3.06. The third kappa shape index (κ3) is 3.11. The predicted octanol–water partition coefficient (Wildman–Crippen LogP) is 3.85. The molecule has 1 aromatic carbocycles. The first-order chi connectivity index (χ1) is 9.26. The molecule has 104 valence electrons. The first kappa shape index (κ1) is 13.0. The van der Waals surface area contributed by atoms with E-state index in [9.17, 15) is 0 Å². The molecule has 0 amide bonds. The van der Waals surface area contributed by atoms with Crippen LogP contribution in [0, 0.1) is 0 Å². The van der Waals surface area contributed by atoms with Gasteiger partial charge in [-0.15, -0.1) is 0 Å². The Labute approximate surface area is 117 Å². The first-order valence-corrected chi connectivity index (χ1v) is 7.87. The first-order valence-electron chi connectivity index (χ1n) is 7.87. The van der Waals surface area contributed by atoms with Crippen LogP contribution in [0.25, 0.3) is 0 Å². The van der Waals surface area contributed by atoms with Gasteiger partial charge in [0.05, 0.1) is 0 Å². The van der Waals surface area contributed by atoms with Gasteiger partial charge in [-0.1, -0.05) is 26.0 Å². The zero-order valence-corrected chi connectivity index (χ0v) is 12.2. The summed E-state index contributed by atoms with van der Waals surface area (Å²) in [5.74, 6) is 0.672. The van der Waals surface area contributed by atoms with E-state index in [4.69, 9.17) is 0 Å². The molecular weight excluding hydrogens is 232 g/mol. The molecule has 2 atom stereocenters. The molecule has 0 aromatic heterocycles. The Bertz CT molecular complexity index is 408. The second-order valence-corrected chi connectivity index (χ2v) is 6.29. The smallest absolute Gasteiger partial charge is 0.0400 e. The van der Waals surface area contributed by atoms with Gasteiger partial charge in [-0.05, 0) is 49.3 Å². The van der Waals surface area contributed by atoms with Crippen molar-refractivity contribution >= 4 is 5.69 Å². The minimum absolute atomic E-state index is 0.648. The van der Waals surface area contributed by atoms with Crippen molar-refractivity contribution in [2.45, 2.75) is 57.5 Å². The van der Waals surface area contributed by atoms with Crippen molar-refractivity contribution in [3.05, 3.63) is 29.8 Å². The molecule has 1 saturated carbocycles. The molecule has 2 heteroatoms. The maximum Gasteiger partial charge on any atom is 0.0400 e. The monoisotopic (exact) mass is 258 g/mol. The fourth-order valence-corrected chi connectivity index (χ4v) is 3.06. The normalized spacial score (nSPS) is 25.5. The minimum Gasteiger partial charge on any atom is -0.381 e. The van der Waals surface area contributed by atoms with E-state index in [1.165, 1.54) is 50.0 Å². The van der Waals surface area contributed by atoms with Crippen LogP contribution in [-0.4, -0.2) is 30.1 Å². The highest BCUT2D eigenvalue weighted by molar-refractivity contribution is 5.46. The molecule has 0 spiro atoms. The fraction of sp³-hybridized carbons (Fsp3) is 0.647. The van der Waals surface area contributed by atoms with Crippen LogP contribution in [0.4, 0.5) is 5.69 Å². The molecule has 2 unspecified atom stereocenters. The van der Waals surface area contributed by atoms with Crippen LogP contribution in [-0.2, 0) is 0 Å². The molecule has 2 nitrogen and oxygen atoms in total. The molecule has 2 fully saturated rings. The van der Waals surface area contributed by atoms with Gasteiger partial charge in [-0.3, -0.25) is 4.90 Å². The van der Waals surface area contributed by atoms with Gasteiger partial charge < -0.3 is 5.32 Å². The molecule has 2 aliphatic rings. The summed E-state index contributed by atoms with van der Waals surface area (Å²) in [6.45, 7) is 7.07. The second kappa shape index (κ2) is 5.54. The molecule has 0 bridgehead atoms. The van der Waals surface area contributed by atoms with E-state index in [1.807, 2.05) is 0 Å². The summed E-state index contributed by atoms with van der Waals surface area (Å²) in [6, 6.07) is 10.6. The standard InChI is InChI=1S/C17H26N2/c1-3-13(2)14-4-6-15(7-5-14)18-16-10-11-19(12-16)17-8-9-17/h4-7,13,16-18H,3,8-12H2,1-2H3. The molecule has 1 heterocycles. The van der Waals surface area contributed by atoms with Crippen LogP contribution in [0.2, 0.25) is 0 Å². The lowest BCUT2D eigenvalue weighted by Gasteiger charge is -2.17. The van der Waals surface area contributed by atoms with Crippen molar-refractivity contribution in [2.75, 3.05) is 18.4 Å². The van der Waals surface area contributed by atoms with Gasteiger partial charge in [0, 0.05) is 30.9 Å². The number of benzene rings is 1. The van der Waals surface area contributed by atoms with E-state index in [1.54, 1.807) is 0 Å². The van der Waals surface area contributed by atoms with E-state index in [2.05, 4.69) is 48.3 Å². The largest absolute Gasteiger partial charge is 0.381 e. The molecule has 1 saturated heterocycles. The molecule has 1 N–H and O–H groups in total. The van der Waals surface area contributed by atoms with Crippen LogP contribution in [0.3, 0.4) is 0 Å². The SMILES string of the molecule is CCC(C)c1ccc(NC2CCN(C3CC3)C2)cc1. The van der Waals surface area contributed by atoms with Crippen LogP contribution in [0.5, 0.6) is 0 Å². The maximum atomic E-state index is 3.70. The summed E-state index contributed by atoms with van der Waals surface area (Å²) >= 11 is 0. The lowest BCUT2D eigenvalue weighted by molar-refractivity contribution is 0.326. The van der Waals surface area contributed by atoms with Crippen molar-refractivity contribution in [1.82, 2.24) is 4.90 Å². The van der Waals surface area contributed by atoms with Gasteiger partial charge in [0.1, 0.15) is 0 Å². The number of hydrogen-bond acceptors (Lipinski definition) is 2. The highest BCUT2D eigenvalue weighted by Gasteiger charge is 2.34. The average Bonchev–Trinajstić information content (AvgIpc) is 3.20. The Morgan fingerprint density at radius 1 is 1.21 bits per heavy atom. The Morgan fingerprint density at radius 3 is 2.58 bits per heavy atom. The Balaban J connectivity index is 1.55. The zero-order valence-electron chi connectivity index (χ0n) is 12.2. The highest BCUT2D eigenvalue weighted by atomic mass is 15.2. The highest BCUT2D eigenvalue weighted by Crippen LogP contribution is 2.30. The Morgan fingerprint density at radius 2 is 1.95 bits per heavy atom. The predicted molar refractivity (Wildman–Crippen MR) is 81.8 cm³/mol. The second-order valence-electron chi connectivity index (χ2n) is 6.29. The van der Waals surface area contributed by atoms with Gasteiger partial charge >= 0.3 is 0 Å². The van der Waals surface area contributed by atoms with Crippen molar-refractivity contribution < 1.29 is 0 Å². The summed E-state index contributed by atoms with van der Waals surface area (Å²) < 4.78 is 0. The number of anilines is 1. The van der Waals surface area contributed by atoms with Crippen LogP contribution in [0.1, 0.15) is 51.0 Å². The van der Waals surface area contributed by atoms with Gasteiger partial charge in [-0.2, -0.15) is 0 Å². The minimum atomic E-state index is 0.648. The zero-order chi connectivity index (χ0) is 13.2. The van der Waals surface area contributed by atoms with Gasteiger partial charge in [0.15, 0.2) is 0 Å². The van der Waals surface area contributed by atoms with Gasteiger partial charge in [0.2, 0.25) is 0 Å². The molecule has 1 aliphatic carbocycles. The summed E-state index contributed by atoms with van der Waals surface area (Å²) in [5, 5.41) is 3.70. The Kier molecular flexibility index (Phi) is 3.79. The molecule has 1 aliphatic heterocycles. The summed E-state index contributed by atoms with van der Waals surface area (Å²) in [6.07, 6.45) is 5.36. The number of nitrogens with one attached hydrogen (secondary N) is 1. The van der Waals surface area contributed by atoms with Gasteiger partial charge in [0.25, 0.3) is 0 Å². The molecule has 1 aromatic rings. The van der Waals surface area contributed by atoms with Crippen molar-refractivity contribution in [3.63, 3.8) is 0 Å². The quantitative estimate of drug-likeness (QED) is 0.863.